The van der Waals surface area contributed by atoms with Crippen LogP contribution in [0.1, 0.15) is 26.5 Å². The van der Waals surface area contributed by atoms with Crippen LogP contribution >= 0.6 is 0 Å². The average Bonchev–Trinajstić information content (AvgIpc) is 2.02. The van der Waals surface area contributed by atoms with Crippen molar-refractivity contribution >= 4 is 6.08 Å². The number of aromatic amines is 1. The smallest absolute Gasteiger partial charge is 0.189 e. The fourth-order valence-corrected chi connectivity index (χ4v) is 1.69. The highest BCUT2D eigenvalue weighted by molar-refractivity contribution is 5.55. The molecule has 1 aromatic heterocycles. The molecule has 0 amide bonds. The number of H-pyrrole nitrogens is 1. The first-order chi connectivity index (χ1) is 6.08. The maximum absolute atomic E-state index is 11.4. The van der Waals surface area contributed by atoms with Crippen molar-refractivity contribution in [2.24, 2.45) is 5.41 Å². The van der Waals surface area contributed by atoms with Crippen molar-refractivity contribution < 1.29 is 1.43 Å². The fourth-order valence-electron chi connectivity index (χ4n) is 1.69. The molecule has 0 aromatic carbocycles. The molecule has 70 valence electrons. The fraction of sp³-hybridized carbons (Fsp3) is 0.364. The first-order valence-corrected chi connectivity index (χ1v) is 4.48. The van der Waals surface area contributed by atoms with Crippen LogP contribution in [0.5, 0.6) is 0 Å². The normalized spacial score (nSPS) is 18.3. The van der Waals surface area contributed by atoms with Gasteiger partial charge < -0.3 is 4.98 Å². The predicted octanol–water partition coefficient (Wildman–Crippen LogP) is 2.22. The number of fused-ring (bicyclic) bond motifs is 1. The summed E-state index contributed by atoms with van der Waals surface area (Å²) in [4.78, 5) is 14.5. The molecule has 0 radical (unpaired) electrons. The summed E-state index contributed by atoms with van der Waals surface area (Å²) in [6.45, 7) is 4.33. The van der Waals surface area contributed by atoms with E-state index in [1.165, 1.54) is 0 Å². The number of allylic oxidation sites excluding steroid dienone is 1. The minimum atomic E-state index is 0. The van der Waals surface area contributed by atoms with Crippen LogP contribution in [-0.4, -0.2) is 4.98 Å². The van der Waals surface area contributed by atoms with Crippen LogP contribution in [-0.2, 0) is 6.42 Å². The lowest BCUT2D eigenvalue weighted by Crippen LogP contribution is -2.21. The minimum absolute atomic E-state index is 0. The van der Waals surface area contributed by atoms with Crippen LogP contribution in [0.15, 0.2) is 23.1 Å². The molecule has 0 fully saturated rings. The summed E-state index contributed by atoms with van der Waals surface area (Å²) in [7, 11) is 0. The van der Waals surface area contributed by atoms with Crippen molar-refractivity contribution in [3.63, 3.8) is 0 Å². The summed E-state index contributed by atoms with van der Waals surface area (Å²) in [5.41, 5.74) is 2.15. The molecule has 0 spiro atoms. The molecular formula is C11H15NO. The van der Waals surface area contributed by atoms with Crippen molar-refractivity contribution in [3.8, 4) is 0 Å². The van der Waals surface area contributed by atoms with E-state index in [0.717, 1.165) is 17.7 Å². The van der Waals surface area contributed by atoms with E-state index in [9.17, 15) is 4.79 Å². The Morgan fingerprint density at radius 1 is 1.54 bits per heavy atom. The molecule has 1 aliphatic carbocycles. The Morgan fingerprint density at radius 2 is 2.31 bits per heavy atom. The van der Waals surface area contributed by atoms with Gasteiger partial charge in [-0.3, -0.25) is 4.79 Å². The molecule has 1 aliphatic rings. The lowest BCUT2D eigenvalue weighted by atomic mass is 9.82. The van der Waals surface area contributed by atoms with Crippen LogP contribution in [0, 0.1) is 5.41 Å². The monoisotopic (exact) mass is 177 g/mol. The molecule has 0 atom stereocenters. The lowest BCUT2D eigenvalue weighted by Gasteiger charge is -2.24. The van der Waals surface area contributed by atoms with Gasteiger partial charge in [0, 0.05) is 24.9 Å². The van der Waals surface area contributed by atoms with Gasteiger partial charge in [0.15, 0.2) is 5.43 Å². The van der Waals surface area contributed by atoms with Gasteiger partial charge in [-0.25, -0.2) is 0 Å². The minimum Gasteiger partial charge on any atom is -0.364 e. The summed E-state index contributed by atoms with van der Waals surface area (Å²) in [6.07, 6.45) is 6.66. The SMILES string of the molecule is CC1(C)C=Cc2c([nH]ccc2=O)C1.[HH]. The second kappa shape index (κ2) is 2.59. The lowest BCUT2D eigenvalue weighted by molar-refractivity contribution is 0.467. The Balaban J connectivity index is 0.000000980. The van der Waals surface area contributed by atoms with Gasteiger partial charge in [-0.2, -0.15) is 0 Å². The van der Waals surface area contributed by atoms with Gasteiger partial charge in [-0.05, 0) is 11.8 Å². The number of nitrogens with one attached hydrogen (secondary N) is 1. The number of aromatic nitrogens is 1. The maximum Gasteiger partial charge on any atom is 0.189 e. The third kappa shape index (κ3) is 1.44. The van der Waals surface area contributed by atoms with Gasteiger partial charge in [0.25, 0.3) is 0 Å². The first kappa shape index (κ1) is 8.30. The standard InChI is InChI=1S/C11H13NO.H2/c1-11(2)5-3-8-9(7-11)12-6-4-10(8)13;/h3-6H,7H2,1-2H3,(H,12,13);1H. The highest BCUT2D eigenvalue weighted by atomic mass is 16.1. The highest BCUT2D eigenvalue weighted by Gasteiger charge is 2.21. The molecule has 2 nitrogen and oxygen atoms in total. The Labute approximate surface area is 78.8 Å². The van der Waals surface area contributed by atoms with Gasteiger partial charge in [0.2, 0.25) is 0 Å². The van der Waals surface area contributed by atoms with Crippen LogP contribution in [0.25, 0.3) is 6.08 Å². The van der Waals surface area contributed by atoms with Crippen molar-refractivity contribution in [2.45, 2.75) is 20.3 Å². The molecule has 13 heavy (non-hydrogen) atoms. The second-order valence-electron chi connectivity index (χ2n) is 4.23. The molecule has 0 unspecified atom stereocenters. The van der Waals surface area contributed by atoms with Gasteiger partial charge >= 0.3 is 0 Å². The third-order valence-corrected chi connectivity index (χ3v) is 2.42. The summed E-state index contributed by atoms with van der Waals surface area (Å²) in [5, 5.41) is 0. The molecule has 1 heterocycles. The summed E-state index contributed by atoms with van der Waals surface area (Å²) >= 11 is 0. The van der Waals surface area contributed by atoms with Gasteiger partial charge in [0.05, 0.1) is 0 Å². The number of pyridine rings is 1. The molecule has 1 N–H and O–H groups in total. The highest BCUT2D eigenvalue weighted by Crippen LogP contribution is 2.28. The van der Waals surface area contributed by atoms with Gasteiger partial charge in [-0.15, -0.1) is 0 Å². The zero-order valence-corrected chi connectivity index (χ0v) is 7.92. The van der Waals surface area contributed by atoms with Crippen LogP contribution in [0.4, 0.5) is 0 Å². The van der Waals surface area contributed by atoms with E-state index in [1.807, 2.05) is 6.08 Å². The molecule has 0 saturated heterocycles. The first-order valence-electron chi connectivity index (χ1n) is 4.48. The average molecular weight is 177 g/mol. The van der Waals surface area contributed by atoms with E-state index in [0.29, 0.717) is 0 Å². The Morgan fingerprint density at radius 3 is 3.08 bits per heavy atom. The van der Waals surface area contributed by atoms with Crippen LogP contribution in [0.2, 0.25) is 0 Å². The van der Waals surface area contributed by atoms with E-state index in [-0.39, 0.29) is 12.3 Å². The molecule has 0 saturated carbocycles. The number of hydrogen-bond acceptors (Lipinski definition) is 1. The van der Waals surface area contributed by atoms with Crippen LogP contribution in [0.3, 0.4) is 0 Å². The van der Waals surface area contributed by atoms with Crippen molar-refractivity contribution in [1.82, 2.24) is 4.98 Å². The van der Waals surface area contributed by atoms with E-state index >= 15 is 0 Å². The quantitative estimate of drug-likeness (QED) is 0.647. The van der Waals surface area contributed by atoms with E-state index in [2.05, 4.69) is 24.9 Å². The zero-order valence-electron chi connectivity index (χ0n) is 7.92. The second-order valence-corrected chi connectivity index (χ2v) is 4.23. The molecule has 0 aliphatic heterocycles. The summed E-state index contributed by atoms with van der Waals surface area (Å²) < 4.78 is 0. The van der Waals surface area contributed by atoms with Gasteiger partial charge in [0.1, 0.15) is 0 Å². The summed E-state index contributed by atoms with van der Waals surface area (Å²) in [6, 6.07) is 1.57. The van der Waals surface area contributed by atoms with Crippen molar-refractivity contribution in [1.29, 1.82) is 0 Å². The predicted molar refractivity (Wildman–Crippen MR) is 55.7 cm³/mol. The van der Waals surface area contributed by atoms with Gasteiger partial charge in [-0.1, -0.05) is 26.0 Å². The van der Waals surface area contributed by atoms with E-state index < -0.39 is 0 Å². The van der Waals surface area contributed by atoms with E-state index in [4.69, 9.17) is 0 Å². The summed E-state index contributed by atoms with van der Waals surface area (Å²) in [5.74, 6) is 0. The Hall–Kier alpha value is -1.31. The molecule has 2 heteroatoms. The molecule has 1 aromatic rings. The molecule has 2 rings (SSSR count). The zero-order chi connectivity index (χ0) is 9.47. The maximum atomic E-state index is 11.4. The van der Waals surface area contributed by atoms with Crippen LogP contribution < -0.4 is 5.43 Å². The largest absolute Gasteiger partial charge is 0.364 e. The van der Waals surface area contributed by atoms with E-state index in [1.54, 1.807) is 12.3 Å². The van der Waals surface area contributed by atoms with Crippen molar-refractivity contribution in [2.75, 3.05) is 0 Å². The number of rotatable bonds is 0. The third-order valence-electron chi connectivity index (χ3n) is 2.42. The topological polar surface area (TPSA) is 32.9 Å². The number of hydrogen-bond donors (Lipinski definition) is 1. The molecular weight excluding hydrogens is 162 g/mol. The van der Waals surface area contributed by atoms with Crippen molar-refractivity contribution in [3.05, 3.63) is 39.8 Å². The molecule has 0 bridgehead atoms. The Bertz CT molecular complexity index is 418. The Kier molecular flexibility index (Phi) is 1.65.